The van der Waals surface area contributed by atoms with Crippen LogP contribution in [0.2, 0.25) is 6.32 Å². The number of allylic oxidation sites excluding steroid dienone is 10. The quantitative estimate of drug-likeness (QED) is 0.411. The van der Waals surface area contributed by atoms with Crippen molar-refractivity contribution in [3.05, 3.63) is 97.3 Å². The largest absolute Gasteiger partial charge is 0.371 e. The molecule has 136 valence electrons. The summed E-state index contributed by atoms with van der Waals surface area (Å²) in [5, 5.41) is 0. The highest BCUT2D eigenvalue weighted by Crippen LogP contribution is 2.44. The summed E-state index contributed by atoms with van der Waals surface area (Å²) in [6, 6.07) is 0.535. The lowest BCUT2D eigenvalue weighted by molar-refractivity contribution is 0.274. The van der Waals surface area contributed by atoms with Gasteiger partial charge in [0.15, 0.2) is 0 Å². The molecular weight excluding hydrogens is 313 g/mol. The second kappa shape index (κ2) is 9.47. The van der Waals surface area contributed by atoms with Gasteiger partial charge >= 0.3 is 0 Å². The standard InChI is InChI=1S/C24H32BN/c1-6-10-12-20-15-18(14-19(20)8-3)16-22-21(9-4)23(13-11-7-2)26(5)24(22)17-25/h6-13,18,22,24H,1-4,14-17,25H2,5H3/b12-10-,13-11-. The first kappa shape index (κ1) is 20.1. The Bertz CT molecular complexity index is 689. The molecule has 1 aliphatic heterocycles. The van der Waals surface area contributed by atoms with Gasteiger partial charge in [-0.25, -0.2) is 0 Å². The van der Waals surface area contributed by atoms with Crippen molar-refractivity contribution in [3.8, 4) is 0 Å². The van der Waals surface area contributed by atoms with Gasteiger partial charge in [0, 0.05) is 24.7 Å². The van der Waals surface area contributed by atoms with Crippen molar-refractivity contribution >= 4 is 7.85 Å². The molecule has 1 nitrogen and oxygen atoms in total. The van der Waals surface area contributed by atoms with E-state index in [4.69, 9.17) is 0 Å². The van der Waals surface area contributed by atoms with E-state index in [1.54, 1.807) is 0 Å². The van der Waals surface area contributed by atoms with Crippen LogP contribution in [0.1, 0.15) is 19.3 Å². The Morgan fingerprint density at radius 1 is 1.00 bits per heavy atom. The van der Waals surface area contributed by atoms with Crippen LogP contribution in [0, 0.1) is 11.8 Å². The minimum Gasteiger partial charge on any atom is -0.371 e. The van der Waals surface area contributed by atoms with Crippen LogP contribution in [-0.2, 0) is 0 Å². The van der Waals surface area contributed by atoms with E-state index < -0.39 is 0 Å². The van der Waals surface area contributed by atoms with Gasteiger partial charge in [0.2, 0.25) is 0 Å². The van der Waals surface area contributed by atoms with E-state index in [2.05, 4.69) is 64.3 Å². The van der Waals surface area contributed by atoms with Crippen molar-refractivity contribution in [1.82, 2.24) is 4.90 Å². The topological polar surface area (TPSA) is 3.24 Å². The Labute approximate surface area is 161 Å². The first-order chi connectivity index (χ1) is 12.6. The zero-order valence-electron chi connectivity index (χ0n) is 16.5. The highest BCUT2D eigenvalue weighted by atomic mass is 15.2. The Hall–Kier alpha value is -2.22. The minimum atomic E-state index is 0.533. The number of hydrogen-bond acceptors (Lipinski definition) is 1. The van der Waals surface area contributed by atoms with Crippen LogP contribution in [0.5, 0.6) is 0 Å². The van der Waals surface area contributed by atoms with E-state index in [0.29, 0.717) is 17.9 Å². The van der Waals surface area contributed by atoms with E-state index in [0.717, 1.165) is 19.2 Å². The van der Waals surface area contributed by atoms with E-state index in [1.807, 2.05) is 30.4 Å². The smallest absolute Gasteiger partial charge is 0.104 e. The molecule has 0 aromatic heterocycles. The second-order valence-electron chi connectivity index (χ2n) is 7.19. The van der Waals surface area contributed by atoms with Crippen molar-refractivity contribution in [2.75, 3.05) is 7.05 Å². The molecule has 1 aliphatic carbocycles. The summed E-state index contributed by atoms with van der Waals surface area (Å²) < 4.78 is 0. The van der Waals surface area contributed by atoms with Gasteiger partial charge in [0.1, 0.15) is 7.85 Å². The van der Waals surface area contributed by atoms with Crippen LogP contribution in [-0.4, -0.2) is 25.8 Å². The molecule has 0 amide bonds. The summed E-state index contributed by atoms with van der Waals surface area (Å²) in [5.41, 5.74) is 5.48. The molecular formula is C24H32BN. The number of rotatable bonds is 9. The molecule has 26 heavy (non-hydrogen) atoms. The maximum atomic E-state index is 4.12. The van der Waals surface area contributed by atoms with Crippen molar-refractivity contribution in [1.29, 1.82) is 0 Å². The fourth-order valence-electron chi connectivity index (χ4n) is 4.58. The summed E-state index contributed by atoms with van der Waals surface area (Å²) in [6.07, 6.45) is 20.8. The van der Waals surface area contributed by atoms with Gasteiger partial charge in [-0.1, -0.05) is 75.2 Å². The van der Waals surface area contributed by atoms with Gasteiger partial charge in [-0.05, 0) is 48.0 Å². The normalized spacial score (nSPS) is 26.3. The summed E-state index contributed by atoms with van der Waals surface area (Å²) in [7, 11) is 4.50. The van der Waals surface area contributed by atoms with Crippen LogP contribution in [0.3, 0.4) is 0 Å². The number of likely N-dealkylation sites (N-methyl/N-ethyl adjacent to an activating group) is 1. The van der Waals surface area contributed by atoms with Crippen LogP contribution in [0.15, 0.2) is 97.3 Å². The van der Waals surface area contributed by atoms with Gasteiger partial charge < -0.3 is 4.90 Å². The first-order valence-corrected chi connectivity index (χ1v) is 9.63. The maximum Gasteiger partial charge on any atom is 0.104 e. The highest BCUT2D eigenvalue weighted by molar-refractivity contribution is 6.09. The van der Waals surface area contributed by atoms with E-state index in [-0.39, 0.29) is 0 Å². The predicted octanol–water partition coefficient (Wildman–Crippen LogP) is 5.18. The molecule has 0 radical (unpaired) electrons. The Morgan fingerprint density at radius 2 is 1.65 bits per heavy atom. The average Bonchev–Trinajstić information content (AvgIpc) is 3.15. The van der Waals surface area contributed by atoms with Gasteiger partial charge in [-0.3, -0.25) is 0 Å². The summed E-state index contributed by atoms with van der Waals surface area (Å²) in [6.45, 7) is 15.7. The maximum absolute atomic E-state index is 4.12. The molecule has 0 aromatic carbocycles. The molecule has 2 heteroatoms. The van der Waals surface area contributed by atoms with Crippen molar-refractivity contribution in [2.24, 2.45) is 11.8 Å². The van der Waals surface area contributed by atoms with E-state index in [9.17, 15) is 0 Å². The first-order valence-electron chi connectivity index (χ1n) is 9.63. The molecule has 3 unspecified atom stereocenters. The summed E-state index contributed by atoms with van der Waals surface area (Å²) >= 11 is 0. The van der Waals surface area contributed by atoms with Crippen LogP contribution in [0.25, 0.3) is 0 Å². The summed E-state index contributed by atoms with van der Waals surface area (Å²) in [4.78, 5) is 2.43. The van der Waals surface area contributed by atoms with Crippen molar-refractivity contribution in [2.45, 2.75) is 31.6 Å². The Morgan fingerprint density at radius 3 is 2.23 bits per heavy atom. The predicted molar refractivity (Wildman–Crippen MR) is 119 cm³/mol. The molecule has 1 heterocycles. The Kier molecular flexibility index (Phi) is 7.32. The molecule has 0 fully saturated rings. The molecule has 2 rings (SSSR count). The third kappa shape index (κ3) is 4.12. The molecule has 0 saturated heterocycles. The fourth-order valence-corrected chi connectivity index (χ4v) is 4.58. The number of nitrogens with zero attached hydrogens (tertiary/aromatic N) is 1. The Balaban J connectivity index is 2.23. The van der Waals surface area contributed by atoms with E-state index in [1.165, 1.54) is 28.8 Å². The van der Waals surface area contributed by atoms with E-state index >= 15 is 0 Å². The highest BCUT2D eigenvalue weighted by Gasteiger charge is 2.37. The molecule has 0 aromatic rings. The zero-order valence-corrected chi connectivity index (χ0v) is 16.5. The molecule has 2 aliphatic rings. The minimum absolute atomic E-state index is 0.533. The third-order valence-electron chi connectivity index (χ3n) is 5.76. The molecule has 0 bridgehead atoms. The third-order valence-corrected chi connectivity index (χ3v) is 5.76. The monoisotopic (exact) mass is 345 g/mol. The van der Waals surface area contributed by atoms with Gasteiger partial charge in [-0.15, -0.1) is 0 Å². The lowest BCUT2D eigenvalue weighted by Gasteiger charge is -2.29. The number of hydrogen-bond donors (Lipinski definition) is 0. The average molecular weight is 345 g/mol. The molecule has 0 spiro atoms. The fraction of sp³-hybridized carbons (Fsp3) is 0.333. The second-order valence-corrected chi connectivity index (χ2v) is 7.19. The molecule has 0 saturated carbocycles. The van der Waals surface area contributed by atoms with Crippen LogP contribution < -0.4 is 0 Å². The lowest BCUT2D eigenvalue weighted by atomic mass is 9.79. The summed E-state index contributed by atoms with van der Waals surface area (Å²) in [5.74, 6) is 1.20. The van der Waals surface area contributed by atoms with Crippen LogP contribution in [0.4, 0.5) is 0 Å². The zero-order chi connectivity index (χ0) is 19.1. The van der Waals surface area contributed by atoms with Gasteiger partial charge in [0.25, 0.3) is 0 Å². The molecule has 0 N–H and O–H groups in total. The van der Waals surface area contributed by atoms with Gasteiger partial charge in [0.05, 0.1) is 0 Å². The van der Waals surface area contributed by atoms with Gasteiger partial charge in [-0.2, -0.15) is 0 Å². The van der Waals surface area contributed by atoms with Crippen molar-refractivity contribution in [3.63, 3.8) is 0 Å². The molecule has 3 atom stereocenters. The van der Waals surface area contributed by atoms with Crippen LogP contribution >= 0.6 is 0 Å². The van der Waals surface area contributed by atoms with Crippen molar-refractivity contribution < 1.29 is 0 Å². The SMILES string of the molecule is BCC1C(CC2CC(C=C)=C(/C=C\C=C)C2)C(C=C)=C(/C=C\C=C)N1C. The lowest BCUT2D eigenvalue weighted by Crippen LogP contribution is -2.31.